The average molecular weight is 558 g/mol. The summed E-state index contributed by atoms with van der Waals surface area (Å²) in [7, 11) is 4.01. The van der Waals surface area contributed by atoms with Gasteiger partial charge in [0.05, 0.1) is 17.0 Å². The van der Waals surface area contributed by atoms with Gasteiger partial charge < -0.3 is 25.8 Å². The van der Waals surface area contributed by atoms with Crippen molar-refractivity contribution in [2.24, 2.45) is 0 Å². The van der Waals surface area contributed by atoms with Crippen LogP contribution in [-0.4, -0.2) is 56.4 Å². The molecule has 0 atom stereocenters. The van der Waals surface area contributed by atoms with Crippen molar-refractivity contribution in [3.05, 3.63) is 89.2 Å². The second kappa shape index (κ2) is 13.2. The highest BCUT2D eigenvalue weighted by molar-refractivity contribution is 6.37. The zero-order valence-electron chi connectivity index (χ0n) is 23.9. The Balaban J connectivity index is 1.65. The number of anilines is 3. The molecule has 0 saturated heterocycles. The number of rotatable bonds is 11. The van der Waals surface area contributed by atoms with Gasteiger partial charge in [0.15, 0.2) is 0 Å². The fourth-order valence-corrected chi connectivity index (χ4v) is 4.78. The van der Waals surface area contributed by atoms with E-state index < -0.39 is 5.82 Å². The van der Waals surface area contributed by atoms with Gasteiger partial charge in [-0.1, -0.05) is 24.3 Å². The lowest BCUT2D eigenvalue weighted by Crippen LogP contribution is -2.31. The van der Waals surface area contributed by atoms with Crippen molar-refractivity contribution in [2.75, 3.05) is 49.3 Å². The zero-order valence-corrected chi connectivity index (χ0v) is 23.9. The third-order valence-corrected chi connectivity index (χ3v) is 6.82. The first kappa shape index (κ1) is 29.5. The van der Waals surface area contributed by atoms with Crippen LogP contribution >= 0.6 is 0 Å². The Labute approximate surface area is 240 Å². The van der Waals surface area contributed by atoms with Gasteiger partial charge in [0.1, 0.15) is 5.82 Å². The summed E-state index contributed by atoms with van der Waals surface area (Å²) in [6.07, 6.45) is 1.52. The number of fused-ring (bicyclic) bond motifs is 1. The summed E-state index contributed by atoms with van der Waals surface area (Å²) < 4.78 is 13.9. The van der Waals surface area contributed by atoms with Gasteiger partial charge >= 0.3 is 0 Å². The normalized spacial score (nSPS) is 13.5. The van der Waals surface area contributed by atoms with E-state index in [4.69, 9.17) is 0 Å². The Kier molecular flexibility index (Phi) is 9.52. The number of nitrogens with zero attached hydrogens (tertiary/aromatic N) is 2. The number of halogens is 1. The summed E-state index contributed by atoms with van der Waals surface area (Å²) in [5.74, 6) is -0.869. The van der Waals surface area contributed by atoms with Crippen LogP contribution in [-0.2, 0) is 20.8 Å². The van der Waals surface area contributed by atoms with Gasteiger partial charge in [0.25, 0.3) is 5.91 Å². The highest BCUT2D eigenvalue weighted by atomic mass is 19.1. The first-order valence-corrected chi connectivity index (χ1v) is 13.6. The van der Waals surface area contributed by atoms with E-state index in [1.807, 2.05) is 62.6 Å². The Hall–Kier alpha value is -4.50. The van der Waals surface area contributed by atoms with E-state index in [0.29, 0.717) is 42.0 Å². The molecule has 3 aromatic carbocycles. The maximum absolute atomic E-state index is 13.9. The molecule has 1 aliphatic heterocycles. The molecular weight excluding hydrogens is 521 g/mol. The molecule has 0 unspecified atom stereocenters. The van der Waals surface area contributed by atoms with Crippen molar-refractivity contribution >= 4 is 46.1 Å². The van der Waals surface area contributed by atoms with E-state index in [1.54, 1.807) is 17.9 Å². The summed E-state index contributed by atoms with van der Waals surface area (Å²) >= 11 is 0. The predicted molar refractivity (Wildman–Crippen MR) is 162 cm³/mol. The molecule has 0 saturated carbocycles. The third-order valence-electron chi connectivity index (χ3n) is 6.82. The van der Waals surface area contributed by atoms with Gasteiger partial charge in [-0.2, -0.15) is 0 Å². The van der Waals surface area contributed by atoms with Gasteiger partial charge in [-0.25, -0.2) is 4.39 Å². The lowest BCUT2D eigenvalue weighted by atomic mass is 9.98. The first-order chi connectivity index (χ1) is 19.6. The van der Waals surface area contributed by atoms with Crippen LogP contribution in [0.4, 0.5) is 21.5 Å². The van der Waals surface area contributed by atoms with E-state index in [0.717, 1.165) is 35.5 Å². The fourth-order valence-electron chi connectivity index (χ4n) is 4.78. The molecule has 0 aromatic heterocycles. The number of amides is 3. The number of hydrogen-bond donors (Lipinski definition) is 3. The lowest BCUT2D eigenvalue weighted by molar-refractivity contribution is -0.119. The molecule has 8 nitrogen and oxygen atoms in total. The van der Waals surface area contributed by atoms with Gasteiger partial charge in [-0.15, -0.1) is 0 Å². The molecule has 0 fully saturated rings. The molecule has 4 rings (SSSR count). The van der Waals surface area contributed by atoms with Crippen LogP contribution in [0.5, 0.6) is 0 Å². The summed E-state index contributed by atoms with van der Waals surface area (Å²) in [6.45, 7) is 5.06. The Morgan fingerprint density at radius 2 is 1.63 bits per heavy atom. The maximum atomic E-state index is 13.9. The number of nitrogens with one attached hydrogen (secondary N) is 3. The molecule has 0 bridgehead atoms. The number of benzene rings is 3. The van der Waals surface area contributed by atoms with Crippen molar-refractivity contribution in [2.45, 2.75) is 26.7 Å². The minimum atomic E-state index is -0.431. The maximum Gasteiger partial charge on any atom is 0.258 e. The molecule has 3 amide bonds. The van der Waals surface area contributed by atoms with Crippen molar-refractivity contribution in [1.29, 1.82) is 0 Å². The SMILES string of the molecule is CC(=O)NCCc1ccc(C(Nc2ccc(N(CCCN(C)C)C(C)=O)cc2)=C2C(=O)Nc3cc(F)ccc32)cc1. The molecule has 1 aliphatic rings. The highest BCUT2D eigenvalue weighted by Gasteiger charge is 2.29. The molecule has 3 aromatic rings. The van der Waals surface area contributed by atoms with Crippen LogP contribution in [0.15, 0.2) is 66.7 Å². The number of carbonyl (C=O) groups is 3. The highest BCUT2D eigenvalue weighted by Crippen LogP contribution is 2.38. The molecule has 9 heteroatoms. The number of hydrogen-bond acceptors (Lipinski definition) is 5. The largest absolute Gasteiger partial charge is 0.356 e. The number of carbonyl (C=O) groups excluding carboxylic acids is 3. The predicted octanol–water partition coefficient (Wildman–Crippen LogP) is 4.74. The van der Waals surface area contributed by atoms with E-state index >= 15 is 0 Å². The minimum Gasteiger partial charge on any atom is -0.356 e. The van der Waals surface area contributed by atoms with Gasteiger partial charge in [-0.3, -0.25) is 14.4 Å². The standard InChI is InChI=1S/C32H36FN5O3/c1-21(39)34-17-16-23-6-8-24(9-7-23)31(30-28-15-10-25(33)20-29(28)36-32(30)41)35-26-11-13-27(14-12-26)38(22(2)40)19-5-18-37(3)4/h6-15,20,35H,5,16-19H2,1-4H3,(H,34,39)(H,36,41). The molecule has 0 spiro atoms. The van der Waals surface area contributed by atoms with Gasteiger partial charge in [0.2, 0.25) is 11.8 Å². The third kappa shape index (κ3) is 7.58. The van der Waals surface area contributed by atoms with Crippen LogP contribution < -0.4 is 20.9 Å². The molecular formula is C32H36FN5O3. The molecule has 214 valence electrons. The average Bonchev–Trinajstić information content (AvgIpc) is 3.24. The Morgan fingerprint density at radius 1 is 0.927 bits per heavy atom. The Bertz CT molecular complexity index is 1450. The monoisotopic (exact) mass is 557 g/mol. The van der Waals surface area contributed by atoms with Gasteiger partial charge in [0, 0.05) is 43.9 Å². The van der Waals surface area contributed by atoms with E-state index in [-0.39, 0.29) is 17.7 Å². The van der Waals surface area contributed by atoms with Crippen molar-refractivity contribution in [1.82, 2.24) is 10.2 Å². The topological polar surface area (TPSA) is 93.8 Å². The van der Waals surface area contributed by atoms with Gasteiger partial charge in [-0.05, 0) is 87.1 Å². The van der Waals surface area contributed by atoms with Crippen molar-refractivity contribution < 1.29 is 18.8 Å². The van der Waals surface area contributed by atoms with E-state index in [1.165, 1.54) is 19.1 Å². The van der Waals surface area contributed by atoms with Crippen LogP contribution in [0.3, 0.4) is 0 Å². The summed E-state index contributed by atoms with van der Waals surface area (Å²) in [4.78, 5) is 40.6. The Morgan fingerprint density at radius 3 is 2.27 bits per heavy atom. The molecule has 0 radical (unpaired) electrons. The smallest absolute Gasteiger partial charge is 0.258 e. The molecule has 1 heterocycles. The van der Waals surface area contributed by atoms with Crippen LogP contribution in [0.2, 0.25) is 0 Å². The first-order valence-electron chi connectivity index (χ1n) is 13.6. The zero-order chi connectivity index (χ0) is 29.5. The summed E-state index contributed by atoms with van der Waals surface area (Å²) in [6, 6.07) is 19.5. The molecule has 0 aliphatic carbocycles. The van der Waals surface area contributed by atoms with Crippen LogP contribution in [0.25, 0.3) is 11.3 Å². The second-order valence-electron chi connectivity index (χ2n) is 10.3. The van der Waals surface area contributed by atoms with E-state index in [2.05, 4.69) is 20.9 Å². The van der Waals surface area contributed by atoms with Crippen LogP contribution in [0, 0.1) is 5.82 Å². The lowest BCUT2D eigenvalue weighted by Gasteiger charge is -2.23. The molecule has 41 heavy (non-hydrogen) atoms. The summed E-state index contributed by atoms with van der Waals surface area (Å²) in [5.41, 5.74) is 5.33. The van der Waals surface area contributed by atoms with Crippen molar-refractivity contribution in [3.63, 3.8) is 0 Å². The summed E-state index contributed by atoms with van der Waals surface area (Å²) in [5, 5.41) is 8.98. The van der Waals surface area contributed by atoms with Crippen molar-refractivity contribution in [3.8, 4) is 0 Å². The van der Waals surface area contributed by atoms with E-state index in [9.17, 15) is 18.8 Å². The minimum absolute atomic E-state index is 0.0302. The molecule has 3 N–H and O–H groups in total. The van der Waals surface area contributed by atoms with Crippen LogP contribution in [0.1, 0.15) is 37.0 Å². The quantitative estimate of drug-likeness (QED) is 0.296. The second-order valence-corrected chi connectivity index (χ2v) is 10.3. The fraction of sp³-hybridized carbons (Fsp3) is 0.281.